The van der Waals surface area contributed by atoms with Gasteiger partial charge in [-0.2, -0.15) is 13.2 Å². The number of allylic oxidation sites excluding steroid dienone is 2. The van der Waals surface area contributed by atoms with Gasteiger partial charge >= 0.3 is 6.18 Å². The number of rotatable bonds is 2. The van der Waals surface area contributed by atoms with Gasteiger partial charge in [-0.05, 0) is 6.92 Å². The summed E-state index contributed by atoms with van der Waals surface area (Å²) in [6.07, 6.45) is -3.73. The van der Waals surface area contributed by atoms with Gasteiger partial charge in [-0.3, -0.25) is 4.99 Å². The summed E-state index contributed by atoms with van der Waals surface area (Å²) in [6, 6.07) is 0. The van der Waals surface area contributed by atoms with Gasteiger partial charge in [0.1, 0.15) is 0 Å². The van der Waals surface area contributed by atoms with Crippen molar-refractivity contribution in [2.75, 3.05) is 0 Å². The van der Waals surface area contributed by atoms with Crippen molar-refractivity contribution in [3.05, 3.63) is 24.4 Å². The average Bonchev–Trinajstić information content (AvgIpc) is 1.80. The topological polar surface area (TPSA) is 12.4 Å². The Morgan fingerprint density at radius 2 is 1.82 bits per heavy atom. The van der Waals surface area contributed by atoms with Crippen molar-refractivity contribution in [2.45, 2.75) is 13.1 Å². The first kappa shape index (κ1) is 9.94. The van der Waals surface area contributed by atoms with E-state index in [4.69, 9.17) is 0 Å². The van der Waals surface area contributed by atoms with Crippen LogP contribution < -0.4 is 0 Å². The van der Waals surface area contributed by atoms with Gasteiger partial charge in [0.2, 0.25) is 0 Å². The van der Waals surface area contributed by atoms with E-state index in [2.05, 4.69) is 18.2 Å². The molecule has 0 unspecified atom stereocenters. The second kappa shape index (κ2) is 3.37. The van der Waals surface area contributed by atoms with Gasteiger partial charge in [0, 0.05) is 11.9 Å². The van der Waals surface area contributed by atoms with Crippen LogP contribution in [0.3, 0.4) is 0 Å². The Kier molecular flexibility index (Phi) is 3.04. The molecule has 0 spiro atoms. The summed E-state index contributed by atoms with van der Waals surface area (Å²) in [7, 11) is 0. The molecule has 0 radical (unpaired) electrons. The summed E-state index contributed by atoms with van der Waals surface area (Å²) in [6.45, 7) is 7.59. The highest BCUT2D eigenvalue weighted by Crippen LogP contribution is 2.22. The summed E-state index contributed by atoms with van der Waals surface area (Å²) in [4.78, 5) is 3.35. The van der Waals surface area contributed by atoms with Crippen molar-refractivity contribution < 1.29 is 13.2 Å². The van der Waals surface area contributed by atoms with Crippen LogP contribution in [0.25, 0.3) is 0 Å². The maximum absolute atomic E-state index is 11.7. The zero-order valence-electron chi connectivity index (χ0n) is 6.07. The van der Waals surface area contributed by atoms with Crippen molar-refractivity contribution in [1.82, 2.24) is 0 Å². The highest BCUT2D eigenvalue weighted by atomic mass is 19.4. The minimum atomic E-state index is -4.39. The van der Waals surface area contributed by atoms with E-state index in [1.807, 2.05) is 0 Å². The van der Waals surface area contributed by atoms with Gasteiger partial charge in [-0.15, -0.1) is 0 Å². The summed E-state index contributed by atoms with van der Waals surface area (Å²) in [5, 5.41) is 0. The first-order valence-electron chi connectivity index (χ1n) is 2.79. The number of aliphatic imine (C=N–C) groups is 1. The molecule has 0 amide bonds. The molecule has 0 aliphatic rings. The Morgan fingerprint density at radius 1 is 1.36 bits per heavy atom. The maximum atomic E-state index is 11.7. The molecule has 0 rings (SSSR count). The van der Waals surface area contributed by atoms with E-state index in [9.17, 15) is 13.2 Å². The summed E-state index contributed by atoms with van der Waals surface area (Å²) in [5.74, 6) is 0. The van der Waals surface area contributed by atoms with Crippen LogP contribution in [-0.2, 0) is 0 Å². The van der Waals surface area contributed by atoms with Crippen LogP contribution in [0.2, 0.25) is 0 Å². The molecule has 0 aromatic heterocycles. The molecule has 0 aliphatic heterocycles. The number of alkyl halides is 3. The second-order valence-electron chi connectivity index (χ2n) is 2.02. The third-order valence-corrected chi connectivity index (χ3v) is 0.805. The molecule has 62 valence electrons. The molecule has 0 aliphatic carbocycles. The molecule has 0 fully saturated rings. The third kappa shape index (κ3) is 4.36. The average molecular weight is 163 g/mol. The van der Waals surface area contributed by atoms with Crippen molar-refractivity contribution in [1.29, 1.82) is 0 Å². The van der Waals surface area contributed by atoms with E-state index in [1.165, 1.54) is 6.92 Å². The largest absolute Gasteiger partial charge is 0.417 e. The molecule has 4 heteroatoms. The monoisotopic (exact) mass is 163 g/mol. The lowest BCUT2D eigenvalue weighted by Crippen LogP contribution is -2.11. The van der Waals surface area contributed by atoms with Gasteiger partial charge < -0.3 is 0 Å². The van der Waals surface area contributed by atoms with Crippen LogP contribution in [0, 0.1) is 0 Å². The van der Waals surface area contributed by atoms with E-state index < -0.39 is 11.7 Å². The molecule has 1 nitrogen and oxygen atoms in total. The van der Waals surface area contributed by atoms with Gasteiger partial charge in [-0.25, -0.2) is 0 Å². The molecule has 0 bridgehead atoms. The van der Waals surface area contributed by atoms with Gasteiger partial charge in [-0.1, -0.05) is 13.2 Å². The lowest BCUT2D eigenvalue weighted by Gasteiger charge is -2.03. The highest BCUT2D eigenvalue weighted by Gasteiger charge is 2.30. The van der Waals surface area contributed by atoms with E-state index in [0.29, 0.717) is 11.9 Å². The van der Waals surface area contributed by atoms with Gasteiger partial charge in [0.15, 0.2) is 0 Å². The van der Waals surface area contributed by atoms with Crippen LogP contribution in [0.5, 0.6) is 0 Å². The first-order chi connectivity index (χ1) is 4.84. The lowest BCUT2D eigenvalue weighted by atomic mass is 10.3. The normalized spacial score (nSPS) is 12.0. The molecule has 0 aromatic carbocycles. The number of nitrogens with zero attached hydrogens (tertiary/aromatic N) is 1. The summed E-state index contributed by atoms with van der Waals surface area (Å²) >= 11 is 0. The zero-order chi connectivity index (χ0) is 9.07. The van der Waals surface area contributed by atoms with Gasteiger partial charge in [0.05, 0.1) is 5.57 Å². The standard InChI is InChI=1S/C7H8F3N/c1-5(2)11-4-6(3)7(8,9)10/h4H,1,3H2,2H3. The number of hydrogen-bond donors (Lipinski definition) is 0. The fourth-order valence-corrected chi connectivity index (χ4v) is 0.261. The lowest BCUT2D eigenvalue weighted by molar-refractivity contribution is -0.0852. The Hall–Kier alpha value is -1.06. The molecule has 0 saturated carbocycles. The minimum Gasteiger partial charge on any atom is -0.262 e. The third-order valence-electron chi connectivity index (χ3n) is 0.805. The summed E-state index contributed by atoms with van der Waals surface area (Å²) in [5.41, 5.74) is -0.657. The van der Waals surface area contributed by atoms with Crippen molar-refractivity contribution in [2.24, 2.45) is 4.99 Å². The Bertz CT molecular complexity index is 200. The number of hydrogen-bond acceptors (Lipinski definition) is 1. The Labute approximate surface area is 62.9 Å². The Morgan fingerprint density at radius 3 is 2.09 bits per heavy atom. The van der Waals surface area contributed by atoms with E-state index in [0.717, 1.165) is 0 Å². The first-order valence-corrected chi connectivity index (χ1v) is 2.79. The highest BCUT2D eigenvalue weighted by molar-refractivity contribution is 5.79. The molecule has 0 aromatic rings. The van der Waals surface area contributed by atoms with E-state index in [-0.39, 0.29) is 0 Å². The van der Waals surface area contributed by atoms with Crippen LogP contribution in [0.15, 0.2) is 29.4 Å². The molecule has 0 saturated heterocycles. The molecule has 0 N–H and O–H groups in total. The van der Waals surface area contributed by atoms with E-state index in [1.54, 1.807) is 0 Å². The molecule has 0 heterocycles. The molecule has 0 atom stereocenters. The van der Waals surface area contributed by atoms with Crippen molar-refractivity contribution in [3.8, 4) is 0 Å². The SMILES string of the molecule is C=C(C)N=CC(=C)C(F)(F)F. The smallest absolute Gasteiger partial charge is 0.262 e. The van der Waals surface area contributed by atoms with Crippen LogP contribution in [0.1, 0.15) is 6.92 Å². The predicted octanol–water partition coefficient (Wildman–Crippen LogP) is 2.71. The summed E-state index contributed by atoms with van der Waals surface area (Å²) < 4.78 is 35.0. The molecular formula is C7H8F3N. The second-order valence-corrected chi connectivity index (χ2v) is 2.02. The predicted molar refractivity (Wildman–Crippen MR) is 38.5 cm³/mol. The fraction of sp³-hybridized carbons (Fsp3) is 0.286. The van der Waals surface area contributed by atoms with E-state index >= 15 is 0 Å². The van der Waals surface area contributed by atoms with Crippen molar-refractivity contribution >= 4 is 6.21 Å². The molecule has 11 heavy (non-hydrogen) atoms. The maximum Gasteiger partial charge on any atom is 0.417 e. The van der Waals surface area contributed by atoms with Crippen LogP contribution in [-0.4, -0.2) is 12.4 Å². The quantitative estimate of drug-likeness (QED) is 0.555. The minimum absolute atomic E-state index is 0.315. The fourth-order valence-electron chi connectivity index (χ4n) is 0.261. The van der Waals surface area contributed by atoms with Crippen LogP contribution >= 0.6 is 0 Å². The zero-order valence-corrected chi connectivity index (χ0v) is 6.07. The van der Waals surface area contributed by atoms with Gasteiger partial charge in [0.25, 0.3) is 0 Å². The Balaban J connectivity index is 4.20. The van der Waals surface area contributed by atoms with Crippen molar-refractivity contribution in [3.63, 3.8) is 0 Å². The number of halogens is 3. The molecular weight excluding hydrogens is 155 g/mol. The van der Waals surface area contributed by atoms with Crippen LogP contribution in [0.4, 0.5) is 13.2 Å².